The van der Waals surface area contributed by atoms with Crippen LogP contribution in [0.15, 0.2) is 72.8 Å². The third-order valence-corrected chi connectivity index (χ3v) is 5.75. The van der Waals surface area contributed by atoms with Crippen LogP contribution in [0.25, 0.3) is 0 Å². The number of nitrogens with zero attached hydrogens (tertiary/aromatic N) is 2. The number of carbonyl (C=O) groups excluding carboxylic acids is 1. The zero-order valence-electron chi connectivity index (χ0n) is 19.3. The number of hydrogen-bond donors (Lipinski definition) is 2. The highest BCUT2D eigenvalue weighted by Crippen LogP contribution is 2.32. The van der Waals surface area contributed by atoms with Crippen molar-refractivity contribution in [2.24, 2.45) is 0 Å². The van der Waals surface area contributed by atoms with Gasteiger partial charge < -0.3 is 24.7 Å². The lowest BCUT2D eigenvalue weighted by atomic mass is 10.0. The van der Waals surface area contributed by atoms with Gasteiger partial charge in [0, 0.05) is 31.8 Å². The van der Waals surface area contributed by atoms with Crippen LogP contribution in [0.1, 0.15) is 24.0 Å². The Morgan fingerprint density at radius 2 is 1.77 bits per heavy atom. The topological polar surface area (TPSA) is 90.3 Å². The number of aliphatic carboxylic acids is 1. The minimum Gasteiger partial charge on any atom is -0.480 e. The van der Waals surface area contributed by atoms with Gasteiger partial charge in [-0.2, -0.15) is 8.78 Å². The molecule has 0 saturated carbocycles. The predicted molar refractivity (Wildman–Crippen MR) is 126 cm³/mol. The van der Waals surface area contributed by atoms with E-state index in [9.17, 15) is 23.5 Å². The molecule has 188 valence electrons. The molecule has 0 spiro atoms. The van der Waals surface area contributed by atoms with Gasteiger partial charge in [-0.05, 0) is 18.4 Å². The van der Waals surface area contributed by atoms with E-state index in [1.165, 1.54) is 30.3 Å². The van der Waals surface area contributed by atoms with Gasteiger partial charge in [0.2, 0.25) is 0 Å². The number of benzene rings is 2. The fourth-order valence-electron chi connectivity index (χ4n) is 3.92. The standard InChI is InChI=1S/C26H30F2N2O5/c27-26(28,21-11-5-2-6-12-21)23(31)14-13-22-18-29(17-20-9-3-1-4-10-20)25(34)30(22)15-7-8-16-35-19-24(32)33/h1-6,9-14,22-23,31H,7-8,15-19H2,(H,32,33)/t22-,23?/m0/s1. The molecule has 2 amide bonds. The van der Waals surface area contributed by atoms with Crippen molar-refractivity contribution < 1.29 is 33.3 Å². The number of aliphatic hydroxyl groups is 1. The monoisotopic (exact) mass is 488 g/mol. The van der Waals surface area contributed by atoms with Gasteiger partial charge in [-0.1, -0.05) is 72.8 Å². The molecule has 0 bridgehead atoms. The number of carboxylic acids is 1. The summed E-state index contributed by atoms with van der Waals surface area (Å²) < 4.78 is 34.4. The Morgan fingerprint density at radius 3 is 2.43 bits per heavy atom. The van der Waals surface area contributed by atoms with Crippen molar-refractivity contribution >= 4 is 12.0 Å². The molecule has 1 aliphatic rings. The van der Waals surface area contributed by atoms with Crippen LogP contribution in [0.3, 0.4) is 0 Å². The molecule has 2 atom stereocenters. The van der Waals surface area contributed by atoms with Crippen molar-refractivity contribution in [2.75, 3.05) is 26.3 Å². The molecular formula is C26H30F2N2O5. The summed E-state index contributed by atoms with van der Waals surface area (Å²) in [4.78, 5) is 26.9. The summed E-state index contributed by atoms with van der Waals surface area (Å²) in [5.74, 6) is -4.52. The largest absolute Gasteiger partial charge is 0.480 e. The number of aliphatic hydroxyl groups excluding tert-OH is 1. The first-order valence-electron chi connectivity index (χ1n) is 11.5. The van der Waals surface area contributed by atoms with E-state index >= 15 is 0 Å². The molecule has 1 fully saturated rings. The van der Waals surface area contributed by atoms with Crippen LogP contribution in [-0.4, -0.2) is 70.5 Å². The minimum atomic E-state index is -3.48. The number of amides is 2. The molecule has 1 heterocycles. The maximum atomic E-state index is 14.7. The highest BCUT2D eigenvalue weighted by Gasteiger charge is 2.40. The number of hydrogen-bond acceptors (Lipinski definition) is 4. The Hall–Kier alpha value is -3.30. The molecule has 0 radical (unpaired) electrons. The average molecular weight is 489 g/mol. The van der Waals surface area contributed by atoms with E-state index in [0.717, 1.165) is 11.6 Å². The Labute approximate surface area is 203 Å². The molecule has 2 aromatic rings. The Balaban J connectivity index is 1.67. The fraction of sp³-hybridized carbons (Fsp3) is 0.385. The highest BCUT2D eigenvalue weighted by atomic mass is 19.3. The lowest BCUT2D eigenvalue weighted by Crippen LogP contribution is -2.35. The molecule has 35 heavy (non-hydrogen) atoms. The highest BCUT2D eigenvalue weighted by molar-refractivity contribution is 5.77. The van der Waals surface area contributed by atoms with Gasteiger partial charge in [0.05, 0.1) is 6.04 Å². The summed E-state index contributed by atoms with van der Waals surface area (Å²) in [6, 6.07) is 15.9. The van der Waals surface area contributed by atoms with Crippen molar-refractivity contribution in [3.05, 3.63) is 83.9 Å². The fourth-order valence-corrected chi connectivity index (χ4v) is 3.92. The second-order valence-corrected chi connectivity index (χ2v) is 8.38. The van der Waals surface area contributed by atoms with Crippen molar-refractivity contribution in [2.45, 2.75) is 37.5 Å². The van der Waals surface area contributed by atoms with Crippen molar-refractivity contribution in [3.8, 4) is 0 Å². The lowest BCUT2D eigenvalue weighted by molar-refractivity contribution is -0.142. The average Bonchev–Trinajstić information content (AvgIpc) is 3.14. The second-order valence-electron chi connectivity index (χ2n) is 8.38. The molecule has 2 N–H and O–H groups in total. The molecule has 0 aromatic heterocycles. The zero-order chi connectivity index (χ0) is 25.3. The van der Waals surface area contributed by atoms with Gasteiger partial charge in [0.15, 0.2) is 0 Å². The summed E-state index contributed by atoms with van der Waals surface area (Å²) in [6.07, 6.45) is 1.57. The molecule has 1 saturated heterocycles. The molecule has 0 aliphatic carbocycles. The Kier molecular flexibility index (Phi) is 9.33. The van der Waals surface area contributed by atoms with Gasteiger partial charge in [-0.15, -0.1) is 0 Å². The van der Waals surface area contributed by atoms with Gasteiger partial charge in [0.1, 0.15) is 12.7 Å². The summed E-state index contributed by atoms with van der Waals surface area (Å²) in [6.45, 7) is 0.881. The lowest BCUT2D eigenvalue weighted by Gasteiger charge is -2.23. The zero-order valence-corrected chi connectivity index (χ0v) is 19.3. The molecule has 1 aliphatic heterocycles. The van der Waals surface area contributed by atoms with Crippen LogP contribution < -0.4 is 0 Å². The number of alkyl halides is 2. The maximum Gasteiger partial charge on any atom is 0.329 e. The first kappa shape index (κ1) is 26.3. The van der Waals surface area contributed by atoms with E-state index in [0.29, 0.717) is 32.5 Å². The molecule has 2 aromatic carbocycles. The summed E-state index contributed by atoms with van der Waals surface area (Å²) in [7, 11) is 0. The number of halogens is 2. The smallest absolute Gasteiger partial charge is 0.329 e. The van der Waals surface area contributed by atoms with Gasteiger partial charge in [0.25, 0.3) is 0 Å². The Bertz CT molecular complexity index is 988. The van der Waals surface area contributed by atoms with Crippen LogP contribution in [0.4, 0.5) is 13.6 Å². The Morgan fingerprint density at radius 1 is 1.11 bits per heavy atom. The minimum absolute atomic E-state index is 0.223. The van der Waals surface area contributed by atoms with Crippen molar-refractivity contribution in [1.29, 1.82) is 0 Å². The van der Waals surface area contributed by atoms with Crippen molar-refractivity contribution in [1.82, 2.24) is 9.80 Å². The quantitative estimate of drug-likeness (QED) is 0.330. The van der Waals surface area contributed by atoms with Gasteiger partial charge in [-0.25, -0.2) is 9.59 Å². The van der Waals surface area contributed by atoms with Crippen LogP contribution in [0.2, 0.25) is 0 Å². The van der Waals surface area contributed by atoms with E-state index in [2.05, 4.69) is 0 Å². The maximum absolute atomic E-state index is 14.7. The van der Waals surface area contributed by atoms with Crippen LogP contribution in [-0.2, 0) is 22.0 Å². The number of ether oxygens (including phenoxy) is 1. The van der Waals surface area contributed by atoms with Gasteiger partial charge >= 0.3 is 17.9 Å². The third kappa shape index (κ3) is 7.34. The number of rotatable bonds is 13. The van der Waals surface area contributed by atoms with Crippen LogP contribution in [0.5, 0.6) is 0 Å². The summed E-state index contributed by atoms with van der Waals surface area (Å²) >= 11 is 0. The van der Waals surface area contributed by atoms with E-state index in [4.69, 9.17) is 9.84 Å². The van der Waals surface area contributed by atoms with E-state index in [-0.39, 0.29) is 24.8 Å². The second kappa shape index (κ2) is 12.4. The van der Waals surface area contributed by atoms with Gasteiger partial charge in [-0.3, -0.25) is 0 Å². The van der Waals surface area contributed by atoms with Crippen LogP contribution in [0, 0.1) is 0 Å². The van der Waals surface area contributed by atoms with Crippen LogP contribution >= 0.6 is 0 Å². The summed E-state index contributed by atoms with van der Waals surface area (Å²) in [5, 5.41) is 18.9. The molecular weight excluding hydrogens is 458 g/mol. The number of unbranched alkanes of at least 4 members (excludes halogenated alkanes) is 1. The first-order chi connectivity index (χ1) is 16.8. The normalized spacial score (nSPS) is 17.3. The number of carboxylic acid groups (broad SMARTS) is 1. The number of carbonyl (C=O) groups is 2. The van der Waals surface area contributed by atoms with E-state index < -0.39 is 24.0 Å². The number of urea groups is 1. The first-order valence-corrected chi connectivity index (χ1v) is 11.5. The predicted octanol–water partition coefficient (Wildman–Crippen LogP) is 3.88. The third-order valence-electron chi connectivity index (χ3n) is 5.75. The van der Waals surface area contributed by atoms with Crippen molar-refractivity contribution in [3.63, 3.8) is 0 Å². The SMILES string of the molecule is O=C(O)COCCCCN1C(=O)N(Cc2ccccc2)C[C@@H]1C=CC(O)C(F)(F)c1ccccc1. The molecule has 3 rings (SSSR count). The molecule has 9 heteroatoms. The summed E-state index contributed by atoms with van der Waals surface area (Å²) in [5.41, 5.74) is 0.659. The van der Waals surface area contributed by atoms with E-state index in [1.807, 2.05) is 30.3 Å². The molecule has 7 nitrogen and oxygen atoms in total. The van der Waals surface area contributed by atoms with E-state index in [1.54, 1.807) is 15.9 Å². The molecule has 1 unspecified atom stereocenters.